The van der Waals surface area contributed by atoms with Gasteiger partial charge in [-0.3, -0.25) is 4.79 Å². The fraction of sp³-hybridized carbons (Fsp3) is 0.632. The van der Waals surface area contributed by atoms with Crippen molar-refractivity contribution < 1.29 is 9.53 Å². The molecule has 1 aliphatic heterocycles. The SMILES string of the molecule is COCC(N)C(=O)NC1CCN(c2ccc(C(C)(C)C)cc2)CC1. The van der Waals surface area contributed by atoms with Crippen molar-refractivity contribution >= 4 is 11.6 Å². The Morgan fingerprint density at radius 1 is 1.29 bits per heavy atom. The fourth-order valence-corrected chi connectivity index (χ4v) is 3.02. The predicted molar refractivity (Wildman–Crippen MR) is 98.4 cm³/mol. The molecule has 0 spiro atoms. The minimum atomic E-state index is -0.585. The monoisotopic (exact) mass is 333 g/mol. The first-order valence-corrected chi connectivity index (χ1v) is 8.71. The quantitative estimate of drug-likeness (QED) is 0.865. The van der Waals surface area contributed by atoms with E-state index in [1.807, 2.05) is 0 Å². The molecule has 0 aromatic heterocycles. The maximum absolute atomic E-state index is 12.0. The highest BCUT2D eigenvalue weighted by molar-refractivity contribution is 5.81. The molecule has 1 saturated heterocycles. The van der Waals surface area contributed by atoms with Gasteiger partial charge < -0.3 is 20.7 Å². The number of rotatable bonds is 5. The lowest BCUT2D eigenvalue weighted by Gasteiger charge is -2.34. The number of methoxy groups -OCH3 is 1. The molecule has 134 valence electrons. The van der Waals surface area contributed by atoms with Crippen LogP contribution in [0, 0.1) is 0 Å². The van der Waals surface area contributed by atoms with Gasteiger partial charge in [-0.15, -0.1) is 0 Å². The minimum absolute atomic E-state index is 0.121. The summed E-state index contributed by atoms with van der Waals surface area (Å²) in [7, 11) is 1.55. The van der Waals surface area contributed by atoms with Crippen LogP contribution in [0.5, 0.6) is 0 Å². The molecule has 3 N–H and O–H groups in total. The van der Waals surface area contributed by atoms with Gasteiger partial charge in [0.05, 0.1) is 6.61 Å². The number of piperidine rings is 1. The maximum atomic E-state index is 12.0. The number of amides is 1. The third kappa shape index (κ3) is 4.95. The van der Waals surface area contributed by atoms with Gasteiger partial charge in [0.15, 0.2) is 0 Å². The van der Waals surface area contributed by atoms with Crippen molar-refractivity contribution in [2.45, 2.75) is 51.1 Å². The zero-order valence-corrected chi connectivity index (χ0v) is 15.3. The zero-order valence-electron chi connectivity index (χ0n) is 15.3. The average Bonchev–Trinajstić information content (AvgIpc) is 2.55. The topological polar surface area (TPSA) is 67.6 Å². The second-order valence-electron chi connectivity index (χ2n) is 7.63. The van der Waals surface area contributed by atoms with E-state index in [4.69, 9.17) is 10.5 Å². The van der Waals surface area contributed by atoms with E-state index < -0.39 is 6.04 Å². The Morgan fingerprint density at radius 3 is 2.38 bits per heavy atom. The largest absolute Gasteiger partial charge is 0.383 e. The molecule has 1 fully saturated rings. The first-order chi connectivity index (χ1) is 11.3. The molecule has 0 radical (unpaired) electrons. The van der Waals surface area contributed by atoms with Gasteiger partial charge in [0.25, 0.3) is 0 Å². The van der Waals surface area contributed by atoms with Gasteiger partial charge in [0.1, 0.15) is 6.04 Å². The molecule has 0 saturated carbocycles. The zero-order chi connectivity index (χ0) is 17.7. The lowest BCUT2D eigenvalue weighted by atomic mass is 9.87. The molecular weight excluding hydrogens is 302 g/mol. The van der Waals surface area contributed by atoms with Crippen LogP contribution in [-0.4, -0.2) is 44.8 Å². The molecule has 0 aliphatic carbocycles. The second kappa shape index (κ2) is 7.99. The van der Waals surface area contributed by atoms with Crippen molar-refractivity contribution in [3.05, 3.63) is 29.8 Å². The van der Waals surface area contributed by atoms with E-state index in [-0.39, 0.29) is 24.0 Å². The van der Waals surface area contributed by atoms with Crippen LogP contribution in [0.25, 0.3) is 0 Å². The number of nitrogens with zero attached hydrogens (tertiary/aromatic N) is 1. The summed E-state index contributed by atoms with van der Waals surface area (Å²) in [5, 5.41) is 3.03. The standard InChI is InChI=1S/C19H31N3O2/c1-19(2,3)14-5-7-16(8-6-14)22-11-9-15(10-12-22)21-18(23)17(20)13-24-4/h5-8,15,17H,9-13,20H2,1-4H3,(H,21,23). The van der Waals surface area contributed by atoms with Crippen LogP contribution >= 0.6 is 0 Å². The van der Waals surface area contributed by atoms with Gasteiger partial charge in [-0.1, -0.05) is 32.9 Å². The van der Waals surface area contributed by atoms with E-state index in [1.54, 1.807) is 7.11 Å². The van der Waals surface area contributed by atoms with Crippen LogP contribution in [0.3, 0.4) is 0 Å². The van der Waals surface area contributed by atoms with Crippen LogP contribution < -0.4 is 16.0 Å². The molecule has 2 rings (SSSR count). The number of carbonyl (C=O) groups is 1. The molecule has 1 atom stereocenters. The van der Waals surface area contributed by atoms with Crippen molar-refractivity contribution in [1.29, 1.82) is 0 Å². The van der Waals surface area contributed by atoms with Gasteiger partial charge in [-0.05, 0) is 36.0 Å². The first kappa shape index (κ1) is 18.7. The molecular formula is C19H31N3O2. The number of nitrogens with one attached hydrogen (secondary N) is 1. The van der Waals surface area contributed by atoms with Crippen LogP contribution in [-0.2, 0) is 14.9 Å². The van der Waals surface area contributed by atoms with E-state index in [0.29, 0.717) is 0 Å². The summed E-state index contributed by atoms with van der Waals surface area (Å²) in [6.45, 7) is 8.82. The molecule has 1 aliphatic rings. The summed E-state index contributed by atoms with van der Waals surface area (Å²) in [5.41, 5.74) is 8.54. The van der Waals surface area contributed by atoms with Crippen molar-refractivity contribution in [1.82, 2.24) is 5.32 Å². The van der Waals surface area contributed by atoms with E-state index in [1.165, 1.54) is 11.3 Å². The minimum Gasteiger partial charge on any atom is -0.383 e. The van der Waals surface area contributed by atoms with E-state index in [9.17, 15) is 4.79 Å². The molecule has 5 nitrogen and oxygen atoms in total. The number of hydrogen-bond acceptors (Lipinski definition) is 4. The summed E-state index contributed by atoms with van der Waals surface area (Å²) in [4.78, 5) is 14.3. The Hall–Kier alpha value is -1.59. The number of carbonyl (C=O) groups excluding carboxylic acids is 1. The van der Waals surface area contributed by atoms with Crippen molar-refractivity contribution in [3.63, 3.8) is 0 Å². The smallest absolute Gasteiger partial charge is 0.239 e. The van der Waals surface area contributed by atoms with Gasteiger partial charge in [-0.25, -0.2) is 0 Å². The normalized spacial score (nSPS) is 17.6. The fourth-order valence-electron chi connectivity index (χ4n) is 3.02. The van der Waals surface area contributed by atoms with Gasteiger partial charge in [0, 0.05) is 31.9 Å². The van der Waals surface area contributed by atoms with E-state index >= 15 is 0 Å². The summed E-state index contributed by atoms with van der Waals surface area (Å²) >= 11 is 0. The highest BCUT2D eigenvalue weighted by Crippen LogP contribution is 2.26. The Bertz CT molecular complexity index is 529. The summed E-state index contributed by atoms with van der Waals surface area (Å²) < 4.78 is 4.93. The van der Waals surface area contributed by atoms with Crippen LogP contribution in [0.15, 0.2) is 24.3 Å². The van der Waals surface area contributed by atoms with Gasteiger partial charge in [0.2, 0.25) is 5.91 Å². The molecule has 24 heavy (non-hydrogen) atoms. The Kier molecular flexibility index (Phi) is 6.24. The van der Waals surface area contributed by atoms with Crippen molar-refractivity contribution in [2.75, 3.05) is 31.7 Å². The summed E-state index contributed by atoms with van der Waals surface area (Å²) in [6, 6.07) is 8.45. The molecule has 1 aromatic carbocycles. The predicted octanol–water partition coefficient (Wildman–Crippen LogP) is 2.04. The lowest BCUT2D eigenvalue weighted by molar-refractivity contribution is -0.124. The highest BCUT2D eigenvalue weighted by Gasteiger charge is 2.23. The number of ether oxygens (including phenoxy) is 1. The third-order valence-electron chi connectivity index (χ3n) is 4.62. The van der Waals surface area contributed by atoms with Crippen LogP contribution in [0.1, 0.15) is 39.2 Å². The number of hydrogen-bond donors (Lipinski definition) is 2. The number of nitrogens with two attached hydrogens (primary N) is 1. The first-order valence-electron chi connectivity index (χ1n) is 8.71. The Labute approximate surface area is 145 Å². The number of anilines is 1. The Morgan fingerprint density at radius 2 is 1.88 bits per heavy atom. The van der Waals surface area contributed by atoms with Gasteiger partial charge >= 0.3 is 0 Å². The molecule has 1 unspecified atom stereocenters. The highest BCUT2D eigenvalue weighted by atomic mass is 16.5. The number of benzene rings is 1. The van der Waals surface area contributed by atoms with Crippen molar-refractivity contribution in [2.24, 2.45) is 5.73 Å². The summed E-state index contributed by atoms with van der Waals surface area (Å²) in [6.07, 6.45) is 1.87. The van der Waals surface area contributed by atoms with Gasteiger partial charge in [-0.2, -0.15) is 0 Å². The molecule has 5 heteroatoms. The average molecular weight is 333 g/mol. The second-order valence-corrected chi connectivity index (χ2v) is 7.63. The molecule has 1 amide bonds. The molecule has 1 heterocycles. The Balaban J connectivity index is 1.85. The van der Waals surface area contributed by atoms with Crippen molar-refractivity contribution in [3.8, 4) is 0 Å². The van der Waals surface area contributed by atoms with Crippen LogP contribution in [0.2, 0.25) is 0 Å². The van der Waals surface area contributed by atoms with Crippen LogP contribution in [0.4, 0.5) is 5.69 Å². The molecule has 1 aromatic rings. The van der Waals surface area contributed by atoms with E-state index in [0.717, 1.165) is 25.9 Å². The maximum Gasteiger partial charge on any atom is 0.239 e. The van der Waals surface area contributed by atoms with E-state index in [2.05, 4.69) is 55.3 Å². The molecule has 0 bridgehead atoms. The summed E-state index contributed by atoms with van der Waals surface area (Å²) in [5.74, 6) is -0.121. The lowest BCUT2D eigenvalue weighted by Crippen LogP contribution is -2.50. The third-order valence-corrected chi connectivity index (χ3v) is 4.62.